The lowest BCUT2D eigenvalue weighted by Gasteiger charge is -2.09. The number of nitrogens with zero attached hydrogens (tertiary/aromatic N) is 4. The van der Waals surface area contributed by atoms with Crippen molar-refractivity contribution in [3.63, 3.8) is 0 Å². The maximum absolute atomic E-state index is 6.94. The summed E-state index contributed by atoms with van der Waals surface area (Å²) in [7, 11) is 0. The van der Waals surface area contributed by atoms with E-state index in [1.54, 1.807) is 0 Å². The van der Waals surface area contributed by atoms with Crippen LogP contribution in [-0.4, -0.2) is 19.5 Å². The first kappa shape index (κ1) is 31.9. The molecule has 0 saturated carbocycles. The van der Waals surface area contributed by atoms with Crippen molar-refractivity contribution in [1.82, 2.24) is 19.5 Å². The first-order valence-electron chi connectivity index (χ1n) is 19.0. The minimum atomic E-state index is 0.569. The predicted octanol–water partition coefficient (Wildman–Crippen LogP) is 13.9. The van der Waals surface area contributed by atoms with Crippen LogP contribution in [0.2, 0.25) is 0 Å². The van der Waals surface area contributed by atoms with Crippen LogP contribution in [0.1, 0.15) is 0 Å². The van der Waals surface area contributed by atoms with Crippen LogP contribution in [0.25, 0.3) is 115 Å². The second kappa shape index (κ2) is 12.6. The lowest BCUT2D eigenvalue weighted by Crippen LogP contribution is -2.00. The van der Waals surface area contributed by atoms with Crippen LogP contribution >= 0.6 is 11.3 Å². The summed E-state index contributed by atoms with van der Waals surface area (Å²) in [6.45, 7) is 0. The molecule has 0 bridgehead atoms. The molecule has 0 aliphatic heterocycles. The fraction of sp³-hybridized carbons (Fsp3) is 0. The number of rotatable bonds is 5. The molecular formula is C51H30N4OS. The van der Waals surface area contributed by atoms with Crippen LogP contribution in [0.3, 0.4) is 0 Å². The van der Waals surface area contributed by atoms with E-state index in [4.69, 9.17) is 19.4 Å². The zero-order valence-corrected chi connectivity index (χ0v) is 31.2. The molecular weight excluding hydrogens is 717 g/mol. The molecule has 0 N–H and O–H groups in total. The first-order chi connectivity index (χ1) is 28.3. The smallest absolute Gasteiger partial charge is 0.167 e. The quantitative estimate of drug-likeness (QED) is 0.176. The van der Waals surface area contributed by atoms with Crippen LogP contribution in [-0.2, 0) is 0 Å². The van der Waals surface area contributed by atoms with Gasteiger partial charge in [0.1, 0.15) is 11.2 Å². The van der Waals surface area contributed by atoms with Crippen LogP contribution in [0.4, 0.5) is 0 Å². The summed E-state index contributed by atoms with van der Waals surface area (Å²) in [5.41, 5.74) is 10.0. The van der Waals surface area contributed by atoms with Crippen molar-refractivity contribution in [2.24, 2.45) is 0 Å². The van der Waals surface area contributed by atoms with Crippen molar-refractivity contribution in [1.29, 1.82) is 0 Å². The van der Waals surface area contributed by atoms with Crippen molar-refractivity contribution >= 4 is 75.3 Å². The summed E-state index contributed by atoms with van der Waals surface area (Å²) >= 11 is 1.85. The van der Waals surface area contributed by atoms with Gasteiger partial charge in [-0.05, 0) is 42.0 Å². The van der Waals surface area contributed by atoms with Gasteiger partial charge >= 0.3 is 0 Å². The topological polar surface area (TPSA) is 56.7 Å². The molecule has 266 valence electrons. The molecule has 12 aromatic rings. The number of benzene rings is 8. The average Bonchev–Trinajstić information content (AvgIpc) is 3.96. The molecule has 57 heavy (non-hydrogen) atoms. The van der Waals surface area contributed by atoms with Gasteiger partial charge in [-0.2, -0.15) is 0 Å². The predicted molar refractivity (Wildman–Crippen MR) is 236 cm³/mol. The molecule has 12 rings (SSSR count). The normalized spacial score (nSPS) is 11.9. The molecule has 0 aliphatic carbocycles. The average molecular weight is 747 g/mol. The minimum Gasteiger partial charge on any atom is -0.455 e. The maximum Gasteiger partial charge on any atom is 0.167 e. The fourth-order valence-corrected chi connectivity index (χ4v) is 9.65. The second-order valence-corrected chi connectivity index (χ2v) is 15.4. The van der Waals surface area contributed by atoms with Crippen molar-refractivity contribution in [2.45, 2.75) is 0 Å². The van der Waals surface area contributed by atoms with E-state index in [1.165, 1.54) is 47.7 Å². The van der Waals surface area contributed by atoms with Crippen molar-refractivity contribution in [3.05, 3.63) is 182 Å². The van der Waals surface area contributed by atoms with Gasteiger partial charge < -0.3 is 8.98 Å². The van der Waals surface area contributed by atoms with Crippen LogP contribution in [0, 0.1) is 0 Å². The largest absolute Gasteiger partial charge is 0.455 e. The van der Waals surface area contributed by atoms with E-state index in [0.29, 0.717) is 17.5 Å². The van der Waals surface area contributed by atoms with E-state index in [2.05, 4.69) is 120 Å². The number of hydrogen-bond acceptors (Lipinski definition) is 5. The lowest BCUT2D eigenvalue weighted by molar-refractivity contribution is 0.670. The standard InChI is InChI=1S/C51H30N4OS/c1-3-14-31(15-4-1)49-52-50(32-16-5-2-6-17-32)54-51(53-49)40-24-12-22-38-37-21-11-20-34(46(37)56-47(38)40)33-28-29-45-41(30-33)39-23-13-27-44(48(39)57-45)55-42-25-9-7-18-35(42)36-19-8-10-26-43(36)55/h1-30H. The highest BCUT2D eigenvalue weighted by Crippen LogP contribution is 2.44. The van der Waals surface area contributed by atoms with Gasteiger partial charge in [0, 0.05) is 53.7 Å². The van der Waals surface area contributed by atoms with Crippen LogP contribution < -0.4 is 0 Å². The van der Waals surface area contributed by atoms with Crippen LogP contribution in [0.15, 0.2) is 186 Å². The number of thiophene rings is 1. The Kier molecular flexibility index (Phi) is 7.03. The van der Waals surface area contributed by atoms with E-state index in [1.807, 2.05) is 78.1 Å². The van der Waals surface area contributed by atoms with E-state index < -0.39 is 0 Å². The third kappa shape index (κ3) is 4.98. The Labute approximate surface area is 330 Å². The zero-order valence-electron chi connectivity index (χ0n) is 30.4. The molecule has 5 nitrogen and oxygen atoms in total. The van der Waals surface area contributed by atoms with Crippen molar-refractivity contribution in [3.8, 4) is 51.0 Å². The summed E-state index contributed by atoms with van der Waals surface area (Å²) in [6.07, 6.45) is 0. The molecule has 0 atom stereocenters. The van der Waals surface area contributed by atoms with Gasteiger partial charge in [0.25, 0.3) is 0 Å². The summed E-state index contributed by atoms with van der Waals surface area (Å²) in [5.74, 6) is 1.80. The second-order valence-electron chi connectivity index (χ2n) is 14.3. The van der Waals surface area contributed by atoms with Gasteiger partial charge in [-0.25, -0.2) is 15.0 Å². The summed E-state index contributed by atoms with van der Waals surface area (Å²) < 4.78 is 11.9. The molecule has 6 heteroatoms. The molecule has 0 saturated heterocycles. The third-order valence-electron chi connectivity index (χ3n) is 11.1. The summed E-state index contributed by atoms with van der Waals surface area (Å²) in [4.78, 5) is 15.0. The van der Waals surface area contributed by atoms with Gasteiger partial charge in [0.15, 0.2) is 17.5 Å². The molecule has 0 spiro atoms. The maximum atomic E-state index is 6.94. The third-order valence-corrected chi connectivity index (χ3v) is 12.3. The van der Waals surface area contributed by atoms with E-state index in [-0.39, 0.29) is 0 Å². The number of furan rings is 1. The lowest BCUT2D eigenvalue weighted by atomic mass is 10.00. The Bertz CT molecular complexity index is 3420. The molecule has 4 heterocycles. The van der Waals surface area contributed by atoms with Gasteiger partial charge in [-0.1, -0.05) is 146 Å². The molecule has 0 radical (unpaired) electrons. The van der Waals surface area contributed by atoms with Gasteiger partial charge in [-0.3, -0.25) is 0 Å². The Balaban J connectivity index is 1.03. The Hall–Kier alpha value is -7.41. The number of aromatic nitrogens is 4. The highest BCUT2D eigenvalue weighted by Gasteiger charge is 2.21. The Morgan fingerprint density at radius 2 is 0.912 bits per heavy atom. The summed E-state index contributed by atoms with van der Waals surface area (Å²) in [6, 6.07) is 63.7. The van der Waals surface area contributed by atoms with Crippen molar-refractivity contribution in [2.75, 3.05) is 0 Å². The fourth-order valence-electron chi connectivity index (χ4n) is 8.46. The monoisotopic (exact) mass is 746 g/mol. The van der Waals surface area contributed by atoms with Gasteiger partial charge in [-0.15, -0.1) is 11.3 Å². The van der Waals surface area contributed by atoms with Gasteiger partial charge in [0.05, 0.1) is 27.0 Å². The Morgan fingerprint density at radius 3 is 1.58 bits per heavy atom. The summed E-state index contributed by atoms with van der Waals surface area (Å²) in [5, 5.41) is 7.07. The van der Waals surface area contributed by atoms with E-state index in [0.717, 1.165) is 49.8 Å². The molecule has 0 unspecified atom stereocenters. The van der Waals surface area contributed by atoms with E-state index >= 15 is 0 Å². The molecule has 8 aromatic carbocycles. The minimum absolute atomic E-state index is 0.569. The molecule has 0 fully saturated rings. The first-order valence-corrected chi connectivity index (χ1v) is 19.8. The molecule has 0 aliphatic rings. The number of fused-ring (bicyclic) bond motifs is 9. The zero-order chi connectivity index (χ0) is 37.5. The van der Waals surface area contributed by atoms with Crippen LogP contribution in [0.5, 0.6) is 0 Å². The van der Waals surface area contributed by atoms with Crippen molar-refractivity contribution < 1.29 is 4.42 Å². The highest BCUT2D eigenvalue weighted by molar-refractivity contribution is 7.26. The van der Waals surface area contributed by atoms with Gasteiger partial charge in [0.2, 0.25) is 0 Å². The number of hydrogen-bond donors (Lipinski definition) is 0. The molecule has 4 aromatic heterocycles. The Morgan fingerprint density at radius 1 is 0.386 bits per heavy atom. The number of para-hydroxylation sites is 4. The SMILES string of the molecule is c1ccc(-c2nc(-c3ccccc3)nc(-c3cccc4c3oc3c(-c5ccc6sc7c(-n8c9ccccc9c9ccccc98)cccc7c6c5)cccc34)n2)cc1. The highest BCUT2D eigenvalue weighted by atomic mass is 32.1. The van der Waals surface area contributed by atoms with E-state index in [9.17, 15) is 0 Å². The molecule has 0 amide bonds.